The molecule has 0 fully saturated rings. The van der Waals surface area contributed by atoms with E-state index in [2.05, 4.69) is 9.97 Å². The summed E-state index contributed by atoms with van der Waals surface area (Å²) in [6.07, 6.45) is 3.34. The molecule has 2 heterocycles. The number of aromatic nitrogens is 2. The molecule has 0 aliphatic heterocycles. The molecule has 0 aliphatic rings. The van der Waals surface area contributed by atoms with Crippen molar-refractivity contribution >= 4 is 59.5 Å². The quantitative estimate of drug-likeness (QED) is 0.275. The van der Waals surface area contributed by atoms with Crippen molar-refractivity contribution in [3.63, 3.8) is 0 Å². The summed E-state index contributed by atoms with van der Waals surface area (Å²) in [5, 5.41) is 20.5. The fourth-order valence-electron chi connectivity index (χ4n) is 2.18. The van der Waals surface area contributed by atoms with Crippen LogP contribution in [0.2, 0.25) is 0 Å². The standard InChI is InChI=1S/2C9H7NO.4ClH.2H2O.Pt/c2*11-8-5-1-3-7-4-2-6-10-9(7)8;;;;;;;/h2*1-6,11H;4*1H;2*1H2;/q;;;;;;;;+4/p-4. The van der Waals surface area contributed by atoms with Crippen molar-refractivity contribution < 1.29 is 33.1 Å². The van der Waals surface area contributed by atoms with Gasteiger partial charge in [0.25, 0.3) is 0 Å². The molecule has 0 aliphatic carbocycles. The molecule has 0 saturated heterocycles. The van der Waals surface area contributed by atoms with Crippen molar-refractivity contribution in [1.82, 2.24) is 9.97 Å². The van der Waals surface area contributed by atoms with E-state index in [0.717, 1.165) is 10.8 Å². The monoisotopic (exact) mass is 661 g/mol. The number of halogens is 4. The molecule has 0 bridgehead atoms. The van der Waals surface area contributed by atoms with Gasteiger partial charge in [-0.05, 0) is 24.3 Å². The molecule has 2 aromatic carbocycles. The SMILES string of the molecule is O.O.Oc1cccc2cccnc12.Oc1cccc2cccnc12.[Cl][Pt]([Cl])([Cl])[Cl]. The van der Waals surface area contributed by atoms with Gasteiger partial charge >= 0.3 is 49.6 Å². The number of nitrogens with zero attached hydrogens (tertiary/aromatic N) is 2. The van der Waals surface area contributed by atoms with Crippen molar-refractivity contribution in [2.24, 2.45) is 0 Å². The predicted octanol–water partition coefficient (Wildman–Crippen LogP) is 4.99. The van der Waals surface area contributed by atoms with Crippen LogP contribution in [-0.4, -0.2) is 31.1 Å². The van der Waals surface area contributed by atoms with Gasteiger partial charge in [0, 0.05) is 23.2 Å². The van der Waals surface area contributed by atoms with Crippen LogP contribution in [-0.2, 0) is 11.9 Å². The second-order valence-electron chi connectivity index (χ2n) is 4.98. The minimum absolute atomic E-state index is 0. The molecule has 0 radical (unpaired) electrons. The third-order valence-electron chi connectivity index (χ3n) is 3.22. The molecule has 11 heteroatoms. The molecule has 0 amide bonds. The van der Waals surface area contributed by atoms with E-state index in [1.165, 1.54) is 0 Å². The number of hydrogen-bond donors (Lipinski definition) is 2. The van der Waals surface area contributed by atoms with Crippen LogP contribution in [0, 0.1) is 0 Å². The maximum absolute atomic E-state index is 9.31. The van der Waals surface area contributed by atoms with Crippen LogP contribution in [0.25, 0.3) is 21.8 Å². The van der Waals surface area contributed by atoms with Crippen molar-refractivity contribution in [1.29, 1.82) is 0 Å². The molecule has 2 aromatic heterocycles. The molecule has 6 nitrogen and oxygen atoms in total. The number of phenolic OH excluding ortho intramolecular Hbond substituents is 2. The van der Waals surface area contributed by atoms with Crippen LogP contribution in [0.5, 0.6) is 11.5 Å². The summed E-state index contributed by atoms with van der Waals surface area (Å²) in [4.78, 5) is 8.06. The van der Waals surface area contributed by atoms with Gasteiger partial charge in [0.05, 0.1) is 0 Å². The number of aromatic hydroxyl groups is 2. The Hall–Kier alpha value is -1.37. The normalized spacial score (nSPS) is 10.3. The van der Waals surface area contributed by atoms with E-state index in [4.69, 9.17) is 37.7 Å². The summed E-state index contributed by atoms with van der Waals surface area (Å²) in [6.45, 7) is 0. The van der Waals surface area contributed by atoms with E-state index in [1.54, 1.807) is 36.7 Å². The van der Waals surface area contributed by atoms with Crippen LogP contribution in [0.15, 0.2) is 73.1 Å². The molecule has 162 valence electrons. The first-order chi connectivity index (χ1) is 12.8. The average Bonchev–Trinajstić information content (AvgIpc) is 2.62. The van der Waals surface area contributed by atoms with Gasteiger partial charge in [-0.3, -0.25) is 9.97 Å². The minimum atomic E-state index is -3.06. The van der Waals surface area contributed by atoms with Gasteiger partial charge in [-0.1, -0.05) is 36.4 Å². The Labute approximate surface area is 186 Å². The molecule has 6 N–H and O–H groups in total. The number of benzene rings is 2. The summed E-state index contributed by atoms with van der Waals surface area (Å²) in [6, 6.07) is 18.3. The number of fused-ring (bicyclic) bond motifs is 2. The average molecular weight is 663 g/mol. The second kappa shape index (κ2) is 13.0. The first-order valence-electron chi connectivity index (χ1n) is 7.29. The fourth-order valence-corrected chi connectivity index (χ4v) is 2.18. The third kappa shape index (κ3) is 9.78. The summed E-state index contributed by atoms with van der Waals surface area (Å²) >= 11 is -3.06. The van der Waals surface area contributed by atoms with Gasteiger partial charge in [-0.2, -0.15) is 0 Å². The van der Waals surface area contributed by atoms with Gasteiger partial charge < -0.3 is 21.2 Å². The molecule has 0 unspecified atom stereocenters. The van der Waals surface area contributed by atoms with Crippen LogP contribution in [0.1, 0.15) is 0 Å². The zero-order chi connectivity index (χ0) is 19.9. The van der Waals surface area contributed by atoms with Gasteiger partial charge in [0.15, 0.2) is 0 Å². The van der Waals surface area contributed by atoms with Crippen LogP contribution in [0.4, 0.5) is 0 Å². The van der Waals surface area contributed by atoms with E-state index >= 15 is 0 Å². The van der Waals surface area contributed by atoms with E-state index < -0.39 is 11.9 Å². The zero-order valence-electron chi connectivity index (χ0n) is 14.5. The number of phenols is 2. The molecule has 0 atom stereocenters. The number of hydrogen-bond acceptors (Lipinski definition) is 4. The fraction of sp³-hybridized carbons (Fsp3) is 0. The molecular formula is C18H18Cl4N2O4Pt. The third-order valence-corrected chi connectivity index (χ3v) is 3.22. The topological polar surface area (TPSA) is 129 Å². The Kier molecular flexibility index (Phi) is 12.4. The maximum atomic E-state index is 9.31. The first kappa shape index (κ1) is 27.6. The van der Waals surface area contributed by atoms with Crippen LogP contribution < -0.4 is 0 Å². The van der Waals surface area contributed by atoms with Gasteiger partial charge in [0.1, 0.15) is 22.5 Å². The van der Waals surface area contributed by atoms with Crippen LogP contribution in [0.3, 0.4) is 0 Å². The van der Waals surface area contributed by atoms with Crippen molar-refractivity contribution in [3.8, 4) is 11.5 Å². The van der Waals surface area contributed by atoms with Gasteiger partial charge in [-0.15, -0.1) is 0 Å². The molecule has 0 spiro atoms. The Morgan fingerprint density at radius 1 is 0.586 bits per heavy atom. The van der Waals surface area contributed by atoms with Crippen molar-refractivity contribution in [2.45, 2.75) is 0 Å². The molecule has 0 saturated carbocycles. The molecule has 4 rings (SSSR count). The van der Waals surface area contributed by atoms with Crippen LogP contribution >= 0.6 is 37.7 Å². The van der Waals surface area contributed by atoms with E-state index in [-0.39, 0.29) is 22.5 Å². The first-order valence-corrected chi connectivity index (χ1v) is 18.5. The Bertz CT molecular complexity index is 941. The van der Waals surface area contributed by atoms with E-state index in [9.17, 15) is 10.2 Å². The number of para-hydroxylation sites is 2. The summed E-state index contributed by atoms with van der Waals surface area (Å²) in [5.41, 5.74) is 1.32. The van der Waals surface area contributed by atoms with E-state index in [0.29, 0.717) is 11.0 Å². The van der Waals surface area contributed by atoms with E-state index in [1.807, 2.05) is 36.4 Å². The molecule has 29 heavy (non-hydrogen) atoms. The molecular weight excluding hydrogens is 645 g/mol. The summed E-state index contributed by atoms with van der Waals surface area (Å²) < 4.78 is 0. The van der Waals surface area contributed by atoms with Crippen molar-refractivity contribution in [2.75, 3.05) is 0 Å². The Balaban J connectivity index is 0.000000420. The number of rotatable bonds is 0. The summed E-state index contributed by atoms with van der Waals surface area (Å²) in [7, 11) is 20.0. The number of pyridine rings is 2. The Morgan fingerprint density at radius 3 is 1.21 bits per heavy atom. The van der Waals surface area contributed by atoms with Gasteiger partial charge in [0.2, 0.25) is 0 Å². The Morgan fingerprint density at radius 2 is 0.897 bits per heavy atom. The second-order valence-corrected chi connectivity index (χ2v) is 24.7. The zero-order valence-corrected chi connectivity index (χ0v) is 19.8. The summed E-state index contributed by atoms with van der Waals surface area (Å²) in [5.74, 6) is 0.478. The van der Waals surface area contributed by atoms with Crippen molar-refractivity contribution in [3.05, 3.63) is 73.1 Å². The van der Waals surface area contributed by atoms with Gasteiger partial charge in [-0.25, -0.2) is 0 Å². The molecule has 4 aromatic rings. The predicted molar refractivity (Wildman–Crippen MR) is 117 cm³/mol.